The van der Waals surface area contributed by atoms with E-state index in [0.29, 0.717) is 6.04 Å². The maximum absolute atomic E-state index is 10.7. The van der Waals surface area contributed by atoms with Gasteiger partial charge in [0.1, 0.15) is 0 Å². The molecule has 4 rings (SSSR count). The summed E-state index contributed by atoms with van der Waals surface area (Å²) in [6.07, 6.45) is 2.50. The smallest absolute Gasteiger partial charge is 0.270 e. The second-order valence-corrected chi connectivity index (χ2v) is 6.16. The third kappa shape index (κ3) is 2.60. The molecule has 0 saturated carbocycles. The van der Waals surface area contributed by atoms with Crippen LogP contribution < -0.4 is 5.32 Å². The molecular formula is C13H16BrN3O2. The second-order valence-electron chi connectivity index (χ2n) is 5.31. The van der Waals surface area contributed by atoms with E-state index in [-0.39, 0.29) is 10.6 Å². The van der Waals surface area contributed by atoms with Crippen molar-refractivity contribution in [1.82, 2.24) is 4.90 Å². The lowest BCUT2D eigenvalue weighted by Gasteiger charge is -2.45. The highest BCUT2D eigenvalue weighted by Crippen LogP contribution is 2.33. The highest BCUT2D eigenvalue weighted by atomic mass is 79.9. The topological polar surface area (TPSA) is 58.4 Å². The first kappa shape index (κ1) is 12.9. The number of nitro groups is 1. The number of nitrogens with one attached hydrogen (secondary N) is 1. The molecule has 2 bridgehead atoms. The number of piperidine rings is 3. The van der Waals surface area contributed by atoms with Gasteiger partial charge in [-0.25, -0.2) is 0 Å². The van der Waals surface area contributed by atoms with Crippen molar-refractivity contribution in [1.29, 1.82) is 0 Å². The van der Waals surface area contributed by atoms with Gasteiger partial charge >= 0.3 is 0 Å². The van der Waals surface area contributed by atoms with Gasteiger partial charge in [0.25, 0.3) is 5.69 Å². The van der Waals surface area contributed by atoms with Crippen LogP contribution in [0.2, 0.25) is 0 Å². The summed E-state index contributed by atoms with van der Waals surface area (Å²) in [4.78, 5) is 12.8. The van der Waals surface area contributed by atoms with Crippen LogP contribution in [0, 0.1) is 16.0 Å². The molecular weight excluding hydrogens is 310 g/mol. The van der Waals surface area contributed by atoms with E-state index in [1.54, 1.807) is 18.2 Å². The predicted molar refractivity (Wildman–Crippen MR) is 77.4 cm³/mol. The Balaban J connectivity index is 1.75. The number of anilines is 1. The summed E-state index contributed by atoms with van der Waals surface area (Å²) in [6.45, 7) is 3.50. The van der Waals surface area contributed by atoms with Crippen molar-refractivity contribution in [2.24, 2.45) is 5.92 Å². The fourth-order valence-corrected chi connectivity index (χ4v) is 3.54. The fraction of sp³-hybridized carbons (Fsp3) is 0.538. The van der Waals surface area contributed by atoms with E-state index in [1.807, 2.05) is 0 Å². The fourth-order valence-electron chi connectivity index (χ4n) is 3.06. The number of nitrogens with zero attached hydrogens (tertiary/aromatic N) is 2. The zero-order valence-electron chi connectivity index (χ0n) is 10.5. The lowest BCUT2D eigenvalue weighted by Crippen LogP contribution is -2.53. The van der Waals surface area contributed by atoms with Crippen molar-refractivity contribution in [3.8, 4) is 0 Å². The van der Waals surface area contributed by atoms with E-state index in [1.165, 1.54) is 25.9 Å². The number of non-ortho nitro benzene ring substituents is 1. The molecule has 3 aliphatic rings. The minimum Gasteiger partial charge on any atom is -0.380 e. The average molecular weight is 326 g/mol. The van der Waals surface area contributed by atoms with Crippen LogP contribution in [0.25, 0.3) is 0 Å². The minimum absolute atomic E-state index is 0.117. The number of halogens is 1. The van der Waals surface area contributed by atoms with Gasteiger partial charge in [-0.05, 0) is 53.8 Å². The van der Waals surface area contributed by atoms with Crippen molar-refractivity contribution < 1.29 is 4.92 Å². The Morgan fingerprint density at radius 1 is 1.37 bits per heavy atom. The molecule has 3 heterocycles. The van der Waals surface area contributed by atoms with Crippen LogP contribution in [0.4, 0.5) is 11.4 Å². The first-order valence-electron chi connectivity index (χ1n) is 6.56. The summed E-state index contributed by atoms with van der Waals surface area (Å²) in [5.41, 5.74) is 1.07. The molecule has 1 aromatic carbocycles. The van der Waals surface area contributed by atoms with Crippen LogP contribution >= 0.6 is 15.9 Å². The standard InChI is InChI=1S/C13H16BrN3O2/c14-11-7-10(17(18)19)1-2-12(11)15-13-8-16-5-3-9(13)4-6-16/h1-2,7,9,13,15H,3-6,8H2. The monoisotopic (exact) mass is 325 g/mol. The Labute approximate surface area is 120 Å². The van der Waals surface area contributed by atoms with E-state index in [9.17, 15) is 10.1 Å². The molecule has 0 amide bonds. The molecule has 102 valence electrons. The average Bonchev–Trinajstić information content (AvgIpc) is 2.42. The molecule has 5 nitrogen and oxygen atoms in total. The highest BCUT2D eigenvalue weighted by molar-refractivity contribution is 9.10. The van der Waals surface area contributed by atoms with Gasteiger partial charge in [0.2, 0.25) is 0 Å². The Bertz CT molecular complexity index is 501. The molecule has 1 N–H and O–H groups in total. The van der Waals surface area contributed by atoms with E-state index < -0.39 is 0 Å². The van der Waals surface area contributed by atoms with Crippen LogP contribution in [0.1, 0.15) is 12.8 Å². The Kier molecular flexibility index (Phi) is 3.45. The van der Waals surface area contributed by atoms with Crippen molar-refractivity contribution in [3.05, 3.63) is 32.8 Å². The van der Waals surface area contributed by atoms with Gasteiger partial charge in [0.05, 0.1) is 4.92 Å². The molecule has 0 aliphatic carbocycles. The molecule has 1 aromatic rings. The first-order valence-corrected chi connectivity index (χ1v) is 7.35. The van der Waals surface area contributed by atoms with Gasteiger partial charge in [-0.1, -0.05) is 0 Å². The van der Waals surface area contributed by atoms with E-state index >= 15 is 0 Å². The molecule has 1 unspecified atom stereocenters. The van der Waals surface area contributed by atoms with Crippen molar-refractivity contribution in [2.75, 3.05) is 25.0 Å². The Morgan fingerprint density at radius 3 is 2.63 bits per heavy atom. The van der Waals surface area contributed by atoms with Gasteiger partial charge in [-0.3, -0.25) is 10.1 Å². The lowest BCUT2D eigenvalue weighted by atomic mass is 9.84. The van der Waals surface area contributed by atoms with E-state index in [2.05, 4.69) is 26.1 Å². The number of hydrogen-bond acceptors (Lipinski definition) is 4. The van der Waals surface area contributed by atoms with Crippen LogP contribution in [0.3, 0.4) is 0 Å². The third-order valence-electron chi connectivity index (χ3n) is 4.16. The van der Waals surface area contributed by atoms with E-state index in [0.717, 1.165) is 22.6 Å². The lowest BCUT2D eigenvalue weighted by molar-refractivity contribution is -0.384. The molecule has 3 aliphatic heterocycles. The summed E-state index contributed by atoms with van der Waals surface area (Å²) < 4.78 is 0.762. The predicted octanol–water partition coefficient (Wildman–Crippen LogP) is 2.86. The SMILES string of the molecule is O=[N+]([O-])c1ccc(NC2CN3CCC2CC3)c(Br)c1. The molecule has 3 saturated heterocycles. The van der Waals surface area contributed by atoms with E-state index in [4.69, 9.17) is 0 Å². The first-order chi connectivity index (χ1) is 9.13. The molecule has 1 atom stereocenters. The largest absolute Gasteiger partial charge is 0.380 e. The molecule has 3 fully saturated rings. The van der Waals surface area contributed by atoms with Crippen LogP contribution in [0.15, 0.2) is 22.7 Å². The van der Waals surface area contributed by atoms with Crippen LogP contribution in [0.5, 0.6) is 0 Å². The van der Waals surface area contributed by atoms with Gasteiger partial charge < -0.3 is 10.2 Å². The maximum Gasteiger partial charge on any atom is 0.270 e. The quantitative estimate of drug-likeness (QED) is 0.685. The zero-order valence-corrected chi connectivity index (χ0v) is 12.1. The summed E-state index contributed by atoms with van der Waals surface area (Å²) >= 11 is 3.41. The molecule has 19 heavy (non-hydrogen) atoms. The molecule has 0 aromatic heterocycles. The van der Waals surface area contributed by atoms with Gasteiger partial charge in [-0.15, -0.1) is 0 Å². The van der Waals surface area contributed by atoms with Crippen LogP contribution in [-0.2, 0) is 0 Å². The van der Waals surface area contributed by atoms with Gasteiger partial charge in [0.15, 0.2) is 0 Å². The van der Waals surface area contributed by atoms with Gasteiger partial charge in [-0.2, -0.15) is 0 Å². The summed E-state index contributed by atoms with van der Waals surface area (Å²) in [6, 6.07) is 5.36. The van der Waals surface area contributed by atoms with Crippen molar-refractivity contribution in [2.45, 2.75) is 18.9 Å². The Hall–Kier alpha value is -1.14. The normalized spacial score (nSPS) is 29.2. The number of benzene rings is 1. The Morgan fingerprint density at radius 2 is 2.11 bits per heavy atom. The number of nitro benzene ring substituents is 1. The van der Waals surface area contributed by atoms with Crippen LogP contribution in [-0.4, -0.2) is 35.5 Å². The zero-order chi connectivity index (χ0) is 13.4. The molecule has 6 heteroatoms. The molecule has 0 radical (unpaired) electrons. The summed E-state index contributed by atoms with van der Waals surface area (Å²) in [7, 11) is 0. The third-order valence-corrected chi connectivity index (χ3v) is 4.82. The highest BCUT2D eigenvalue weighted by Gasteiger charge is 2.34. The van der Waals surface area contributed by atoms with Gasteiger partial charge in [0, 0.05) is 34.9 Å². The number of hydrogen-bond donors (Lipinski definition) is 1. The minimum atomic E-state index is -0.372. The number of fused-ring (bicyclic) bond motifs is 3. The second kappa shape index (κ2) is 5.09. The summed E-state index contributed by atoms with van der Waals surface area (Å²) in [5.74, 6) is 0.729. The number of rotatable bonds is 3. The molecule has 0 spiro atoms. The van der Waals surface area contributed by atoms with Crippen molar-refractivity contribution >= 4 is 27.3 Å². The maximum atomic E-state index is 10.7. The van der Waals surface area contributed by atoms with Crippen molar-refractivity contribution in [3.63, 3.8) is 0 Å². The summed E-state index contributed by atoms with van der Waals surface area (Å²) in [5, 5.41) is 14.3.